The molecule has 0 aliphatic heterocycles. The van der Waals surface area contributed by atoms with Crippen molar-refractivity contribution < 1.29 is 0 Å². The van der Waals surface area contributed by atoms with Crippen LogP contribution < -0.4 is 0 Å². The van der Waals surface area contributed by atoms with Crippen LogP contribution in [0.4, 0.5) is 0 Å². The maximum atomic E-state index is 2.52. The third-order valence-electron chi connectivity index (χ3n) is 25.2. The fraction of sp³-hybridized carbons (Fsp3) is 0.200. The van der Waals surface area contributed by atoms with E-state index in [9.17, 15) is 0 Å². The van der Waals surface area contributed by atoms with Crippen molar-refractivity contribution in [2.45, 2.75) is 148 Å². The topological polar surface area (TPSA) is 29.6 Å². The molecule has 0 radical (unpaired) electrons. The molecule has 0 amide bonds. The Morgan fingerprint density at radius 2 is 0.569 bits per heavy atom. The minimum Gasteiger partial charge on any atom is -0.345 e. The summed E-state index contributed by atoms with van der Waals surface area (Å²) in [6.07, 6.45) is 5.29. The largest absolute Gasteiger partial charge is 0.345 e. The van der Waals surface area contributed by atoms with Gasteiger partial charge in [0.25, 0.3) is 0 Å². The molecule has 6 heterocycles. The first-order valence-corrected chi connectivity index (χ1v) is 42.4. The average Bonchev–Trinajstić information content (AvgIpc) is 1.63. The zero-order chi connectivity index (χ0) is 79.6. The standard InChI is InChI=1S/5C19H17N.C15H19N/c1-3-20-18-12-15-9-5-4-8-14(15)11-17(18)16-10-6-7-13(2)19(16)20;1-3-20-17-12-11-14-8-4-5-9-15(14)18(17)16-10-6-7-13(2)19(16)20;1-3-20-16-10-6-7-13(2)18(16)19-15-9-5-4-8-14(15)11-12-17(19)20;1-3-20-17-10-8-13(2)12-16(17)19-15-7-5-4-6-14(15)9-11-18(19)20;1-3-20-17-11-9-14-6-4-5-7-15(14)19(17)16-10-8-13(2)12-18(16)20;1-3-16-13-9-5-4-8-12(13)15-11(2)7-6-10-14(15)16/h5*4-12H,3H2,1-2H3;6-7,10H,3-5,8-9H2,1-2H3. The Kier molecular flexibility index (Phi) is 20.2. The summed E-state index contributed by atoms with van der Waals surface area (Å²) >= 11 is 0. The molecule has 1 aliphatic rings. The van der Waals surface area contributed by atoms with Gasteiger partial charge in [0.1, 0.15) is 0 Å². The van der Waals surface area contributed by atoms with Crippen molar-refractivity contribution in [1.82, 2.24) is 27.4 Å². The molecule has 0 atom stereocenters. The van der Waals surface area contributed by atoms with Crippen molar-refractivity contribution in [3.05, 3.63) is 336 Å². The van der Waals surface area contributed by atoms with Gasteiger partial charge in [-0.15, -0.1) is 0 Å². The van der Waals surface area contributed by atoms with Gasteiger partial charge in [0, 0.05) is 154 Å². The molecule has 6 nitrogen and oxygen atoms in total. The summed E-state index contributed by atoms with van der Waals surface area (Å²) in [5.74, 6) is 0. The zero-order valence-corrected chi connectivity index (χ0v) is 69.5. The van der Waals surface area contributed by atoms with Gasteiger partial charge in [-0.05, 0) is 263 Å². The van der Waals surface area contributed by atoms with E-state index in [1.54, 1.807) is 16.6 Å². The highest BCUT2D eigenvalue weighted by molar-refractivity contribution is 6.25. The number of aromatic nitrogens is 6. The van der Waals surface area contributed by atoms with Gasteiger partial charge >= 0.3 is 0 Å². The van der Waals surface area contributed by atoms with E-state index in [0.717, 1.165) is 39.3 Å². The summed E-state index contributed by atoms with van der Waals surface area (Å²) in [5.41, 5.74) is 26.3. The lowest BCUT2D eigenvalue weighted by Gasteiger charge is -2.14. The first kappa shape index (κ1) is 74.8. The van der Waals surface area contributed by atoms with Gasteiger partial charge in [0.2, 0.25) is 0 Å². The van der Waals surface area contributed by atoms with Crippen LogP contribution in [0, 0.1) is 41.5 Å². The maximum absolute atomic E-state index is 2.52. The minimum atomic E-state index is 1.00. The minimum absolute atomic E-state index is 1.00. The van der Waals surface area contributed by atoms with Gasteiger partial charge in [0.15, 0.2) is 0 Å². The molecule has 574 valence electrons. The lowest BCUT2D eigenvalue weighted by molar-refractivity contribution is 0.630. The van der Waals surface area contributed by atoms with Crippen LogP contribution in [0.25, 0.3) is 174 Å². The SMILES string of the molecule is CCn1c2c(c3c(C)cccc31)CCCC2.CCn1c2cc(C)ccc2c2c3ccccc3ccc21.CCn1c2cc3ccccc3cc2c2cccc(C)c21.CCn1c2ccc(C)cc2c2c3ccccc3ccc21.CCn1c2ccc3ccccc3c2c2cccc(C)c21.CCn1c2cccc(C)c2c2c3ccccc3ccc21. The van der Waals surface area contributed by atoms with Crippen molar-refractivity contribution in [3.8, 4) is 0 Å². The van der Waals surface area contributed by atoms with Crippen LogP contribution in [-0.2, 0) is 52.1 Å². The molecule has 0 saturated carbocycles. The molecular formula is C110H104N6. The van der Waals surface area contributed by atoms with E-state index in [2.05, 4.69) is 402 Å². The number of nitrogens with zero attached hydrogens (tertiary/aromatic N) is 6. The molecule has 22 aromatic rings. The second-order valence-corrected chi connectivity index (χ2v) is 32.0. The third-order valence-corrected chi connectivity index (χ3v) is 25.2. The van der Waals surface area contributed by atoms with Crippen molar-refractivity contribution in [2.24, 2.45) is 0 Å². The van der Waals surface area contributed by atoms with E-state index in [-0.39, 0.29) is 0 Å². The van der Waals surface area contributed by atoms with Crippen molar-refractivity contribution in [3.63, 3.8) is 0 Å². The molecule has 23 rings (SSSR count). The Balaban J connectivity index is 0.0000000965. The predicted octanol–water partition coefficient (Wildman–Crippen LogP) is 30.2. The number of benzene rings is 16. The van der Waals surface area contributed by atoms with Crippen molar-refractivity contribution in [2.75, 3.05) is 0 Å². The van der Waals surface area contributed by atoms with Crippen LogP contribution in [0.3, 0.4) is 0 Å². The van der Waals surface area contributed by atoms with Crippen LogP contribution in [0.15, 0.2) is 291 Å². The van der Waals surface area contributed by atoms with Crippen molar-refractivity contribution >= 4 is 174 Å². The molecule has 0 fully saturated rings. The smallest absolute Gasteiger partial charge is 0.0521 e. The second-order valence-electron chi connectivity index (χ2n) is 32.0. The normalized spacial score (nSPS) is 12.2. The van der Waals surface area contributed by atoms with Gasteiger partial charge in [-0.3, -0.25) is 0 Å². The first-order chi connectivity index (χ1) is 56.8. The highest BCUT2D eigenvalue weighted by Crippen LogP contribution is 2.42. The Labute approximate surface area is 680 Å². The van der Waals surface area contributed by atoms with Gasteiger partial charge in [-0.2, -0.15) is 0 Å². The van der Waals surface area contributed by atoms with Gasteiger partial charge in [0.05, 0.1) is 11.0 Å². The van der Waals surface area contributed by atoms with Crippen LogP contribution >= 0.6 is 0 Å². The van der Waals surface area contributed by atoms with E-state index >= 15 is 0 Å². The highest BCUT2D eigenvalue weighted by atomic mass is 15.0. The Morgan fingerprint density at radius 3 is 1.13 bits per heavy atom. The summed E-state index contributed by atoms with van der Waals surface area (Å²) in [4.78, 5) is 0. The van der Waals surface area contributed by atoms with E-state index in [1.165, 1.54) is 227 Å². The van der Waals surface area contributed by atoms with E-state index in [4.69, 9.17) is 0 Å². The predicted molar refractivity (Wildman–Crippen MR) is 506 cm³/mol. The fourth-order valence-corrected chi connectivity index (χ4v) is 20.1. The Morgan fingerprint density at radius 1 is 0.207 bits per heavy atom. The molecule has 0 spiro atoms. The number of para-hydroxylation sites is 2. The molecule has 16 aromatic carbocycles. The van der Waals surface area contributed by atoms with E-state index in [0.29, 0.717) is 0 Å². The van der Waals surface area contributed by atoms with Gasteiger partial charge in [-0.25, -0.2) is 0 Å². The number of fused-ring (bicyclic) bond motifs is 27. The molecule has 116 heavy (non-hydrogen) atoms. The van der Waals surface area contributed by atoms with Crippen molar-refractivity contribution in [1.29, 1.82) is 0 Å². The number of hydrogen-bond acceptors (Lipinski definition) is 0. The van der Waals surface area contributed by atoms with Crippen LogP contribution in [-0.4, -0.2) is 27.4 Å². The summed E-state index contributed by atoms with van der Waals surface area (Å²) in [5, 5.41) is 28.7. The van der Waals surface area contributed by atoms with Crippen LogP contribution in [0.2, 0.25) is 0 Å². The molecular weight excluding hydrogens is 1410 g/mol. The molecule has 6 aromatic heterocycles. The average molecular weight is 1510 g/mol. The lowest BCUT2D eigenvalue weighted by atomic mass is 9.94. The maximum Gasteiger partial charge on any atom is 0.0521 e. The molecule has 6 heteroatoms. The summed E-state index contributed by atoms with van der Waals surface area (Å²) in [6, 6.07) is 106. The summed E-state index contributed by atoms with van der Waals surface area (Å²) < 4.78 is 14.7. The van der Waals surface area contributed by atoms with Gasteiger partial charge in [-0.1, -0.05) is 230 Å². The lowest BCUT2D eigenvalue weighted by Crippen LogP contribution is -2.07. The number of aryl methyl sites for hydroxylation is 13. The third kappa shape index (κ3) is 12.7. The Bertz CT molecular complexity index is 7480. The monoisotopic (exact) mass is 1510 g/mol. The molecule has 0 unspecified atom stereocenters. The van der Waals surface area contributed by atoms with Crippen LogP contribution in [0.5, 0.6) is 0 Å². The summed E-state index contributed by atoms with van der Waals surface area (Å²) in [6.45, 7) is 32.7. The van der Waals surface area contributed by atoms with E-state index in [1.807, 2.05) is 0 Å². The quantitative estimate of drug-likeness (QED) is 0.159. The number of rotatable bonds is 6. The van der Waals surface area contributed by atoms with Gasteiger partial charge < -0.3 is 27.4 Å². The zero-order valence-electron chi connectivity index (χ0n) is 69.5. The molecule has 0 N–H and O–H groups in total. The highest BCUT2D eigenvalue weighted by Gasteiger charge is 2.22. The molecule has 0 saturated heterocycles. The molecule has 1 aliphatic carbocycles. The first-order valence-electron chi connectivity index (χ1n) is 42.4. The molecule has 0 bridgehead atoms. The fourth-order valence-electron chi connectivity index (χ4n) is 20.1. The van der Waals surface area contributed by atoms with E-state index < -0.39 is 0 Å². The van der Waals surface area contributed by atoms with Crippen LogP contribution in [0.1, 0.15) is 99.0 Å². The Hall–Kier alpha value is -12.6. The summed E-state index contributed by atoms with van der Waals surface area (Å²) in [7, 11) is 0. The number of hydrogen-bond donors (Lipinski definition) is 0. The second kappa shape index (κ2) is 31.3.